The van der Waals surface area contributed by atoms with Crippen molar-refractivity contribution in [2.24, 2.45) is 0 Å². The third-order valence-electron chi connectivity index (χ3n) is 3.43. The lowest BCUT2D eigenvalue weighted by Gasteiger charge is -2.15. The molecule has 1 amide bonds. The predicted octanol–water partition coefficient (Wildman–Crippen LogP) is 3.45. The number of benzene rings is 2. The first-order chi connectivity index (χ1) is 11.6. The molecule has 0 saturated heterocycles. The van der Waals surface area contributed by atoms with Crippen LogP contribution >= 0.6 is 0 Å². The van der Waals surface area contributed by atoms with Crippen LogP contribution in [0.4, 0.5) is 5.69 Å². The summed E-state index contributed by atoms with van der Waals surface area (Å²) in [4.78, 5) is 12.2. The molecule has 0 radical (unpaired) electrons. The fourth-order valence-corrected chi connectivity index (χ4v) is 2.20. The number of aromatic nitrogens is 2. The van der Waals surface area contributed by atoms with Crippen LogP contribution in [0.3, 0.4) is 0 Å². The van der Waals surface area contributed by atoms with Crippen LogP contribution in [0.1, 0.15) is 12.5 Å². The van der Waals surface area contributed by atoms with E-state index in [2.05, 4.69) is 15.5 Å². The van der Waals surface area contributed by atoms with Crippen LogP contribution in [0.15, 0.2) is 59.3 Å². The normalized spacial score (nSPS) is 11.8. The molecule has 1 heterocycles. The monoisotopic (exact) mass is 323 g/mol. The lowest BCUT2D eigenvalue weighted by atomic mass is 10.2. The van der Waals surface area contributed by atoms with Gasteiger partial charge in [-0.15, -0.1) is 10.2 Å². The van der Waals surface area contributed by atoms with Crippen molar-refractivity contribution in [2.45, 2.75) is 20.0 Å². The fraction of sp³-hybridized carbons (Fsp3) is 0.167. The second kappa shape index (κ2) is 6.95. The van der Waals surface area contributed by atoms with E-state index in [9.17, 15) is 4.79 Å². The quantitative estimate of drug-likeness (QED) is 0.778. The average Bonchev–Trinajstić information content (AvgIpc) is 3.10. The van der Waals surface area contributed by atoms with Gasteiger partial charge >= 0.3 is 0 Å². The van der Waals surface area contributed by atoms with E-state index < -0.39 is 6.10 Å². The Morgan fingerprint density at radius 2 is 2.00 bits per heavy atom. The number of amides is 1. The highest BCUT2D eigenvalue weighted by atomic mass is 16.5. The van der Waals surface area contributed by atoms with E-state index in [1.54, 1.807) is 31.2 Å². The summed E-state index contributed by atoms with van der Waals surface area (Å²) in [6, 6.07) is 14.7. The van der Waals surface area contributed by atoms with Crippen LogP contribution in [0.2, 0.25) is 0 Å². The maximum atomic E-state index is 12.2. The van der Waals surface area contributed by atoms with Crippen LogP contribution in [0.5, 0.6) is 5.75 Å². The van der Waals surface area contributed by atoms with Gasteiger partial charge in [0.15, 0.2) is 6.10 Å². The molecule has 1 N–H and O–H groups in total. The minimum absolute atomic E-state index is 0.207. The molecule has 3 rings (SSSR count). The zero-order valence-electron chi connectivity index (χ0n) is 13.4. The lowest BCUT2D eigenvalue weighted by Crippen LogP contribution is -2.30. The van der Waals surface area contributed by atoms with E-state index in [0.717, 1.165) is 16.8 Å². The van der Waals surface area contributed by atoms with Crippen molar-refractivity contribution in [3.8, 4) is 17.2 Å². The van der Waals surface area contributed by atoms with Gasteiger partial charge in [0.1, 0.15) is 5.75 Å². The Labute approximate surface area is 139 Å². The molecule has 24 heavy (non-hydrogen) atoms. The number of ether oxygens (including phenoxy) is 1. The van der Waals surface area contributed by atoms with Gasteiger partial charge in [0, 0.05) is 11.3 Å². The number of nitrogens with zero attached hydrogens (tertiary/aromatic N) is 2. The zero-order chi connectivity index (χ0) is 16.9. The molecule has 0 unspecified atom stereocenters. The number of anilines is 1. The van der Waals surface area contributed by atoms with Crippen molar-refractivity contribution in [3.63, 3.8) is 0 Å². The van der Waals surface area contributed by atoms with Crippen molar-refractivity contribution < 1.29 is 13.9 Å². The topological polar surface area (TPSA) is 77.2 Å². The van der Waals surface area contributed by atoms with E-state index >= 15 is 0 Å². The molecule has 0 aliphatic carbocycles. The summed E-state index contributed by atoms with van der Waals surface area (Å²) in [5.74, 6) is 0.818. The minimum atomic E-state index is -0.625. The Hall–Kier alpha value is -3.15. The predicted molar refractivity (Wildman–Crippen MR) is 89.6 cm³/mol. The SMILES string of the molecule is Cc1cccc(NC(=O)[C@@H](C)Oc2ccc(-c3nnco3)cc2)c1. The summed E-state index contributed by atoms with van der Waals surface area (Å²) in [5, 5.41) is 10.3. The summed E-state index contributed by atoms with van der Waals surface area (Å²) in [5.41, 5.74) is 2.62. The Bertz CT molecular complexity index is 814. The molecule has 1 aromatic heterocycles. The van der Waals surface area contributed by atoms with Gasteiger partial charge in [-0.3, -0.25) is 4.79 Å². The largest absolute Gasteiger partial charge is 0.481 e. The highest BCUT2D eigenvalue weighted by Crippen LogP contribution is 2.21. The Morgan fingerprint density at radius 3 is 2.67 bits per heavy atom. The van der Waals surface area contributed by atoms with E-state index in [0.29, 0.717) is 11.6 Å². The van der Waals surface area contributed by atoms with Crippen molar-refractivity contribution >= 4 is 11.6 Å². The molecule has 0 aliphatic rings. The first kappa shape index (κ1) is 15.7. The van der Waals surface area contributed by atoms with Crippen LogP contribution in [-0.2, 0) is 4.79 Å². The molecule has 0 saturated carbocycles. The molecule has 0 aliphatic heterocycles. The van der Waals surface area contributed by atoms with Crippen LogP contribution in [0, 0.1) is 6.92 Å². The number of carbonyl (C=O) groups is 1. The van der Waals surface area contributed by atoms with E-state index in [1.807, 2.05) is 31.2 Å². The second-order valence-electron chi connectivity index (χ2n) is 5.39. The molecule has 6 nitrogen and oxygen atoms in total. The van der Waals surface area contributed by atoms with Crippen molar-refractivity contribution in [2.75, 3.05) is 5.32 Å². The van der Waals surface area contributed by atoms with E-state index in [-0.39, 0.29) is 5.91 Å². The van der Waals surface area contributed by atoms with Gasteiger partial charge in [-0.05, 0) is 55.8 Å². The van der Waals surface area contributed by atoms with Crippen molar-refractivity contribution in [1.82, 2.24) is 10.2 Å². The Morgan fingerprint density at radius 1 is 1.21 bits per heavy atom. The maximum absolute atomic E-state index is 12.2. The smallest absolute Gasteiger partial charge is 0.265 e. The fourth-order valence-electron chi connectivity index (χ4n) is 2.20. The van der Waals surface area contributed by atoms with Gasteiger partial charge in [0.2, 0.25) is 12.3 Å². The maximum Gasteiger partial charge on any atom is 0.265 e. The molecule has 1 atom stereocenters. The summed E-state index contributed by atoms with van der Waals surface area (Å²) in [7, 11) is 0. The summed E-state index contributed by atoms with van der Waals surface area (Å²) in [6.45, 7) is 3.68. The molecule has 0 spiro atoms. The van der Waals surface area contributed by atoms with Crippen molar-refractivity contribution in [3.05, 3.63) is 60.5 Å². The summed E-state index contributed by atoms with van der Waals surface area (Å²) < 4.78 is 10.8. The van der Waals surface area contributed by atoms with E-state index in [4.69, 9.17) is 9.15 Å². The average molecular weight is 323 g/mol. The second-order valence-corrected chi connectivity index (χ2v) is 5.39. The molecule has 3 aromatic rings. The standard InChI is InChI=1S/C18H17N3O3/c1-12-4-3-5-15(10-12)20-17(22)13(2)24-16-8-6-14(7-9-16)18-21-19-11-23-18/h3-11,13H,1-2H3,(H,20,22)/t13-/m1/s1. The molecule has 2 aromatic carbocycles. The van der Waals surface area contributed by atoms with Crippen LogP contribution in [-0.4, -0.2) is 22.2 Å². The lowest BCUT2D eigenvalue weighted by molar-refractivity contribution is -0.122. The van der Waals surface area contributed by atoms with Crippen LogP contribution < -0.4 is 10.1 Å². The number of hydrogen-bond acceptors (Lipinski definition) is 5. The number of nitrogens with one attached hydrogen (secondary N) is 1. The molecule has 0 bridgehead atoms. The molecule has 0 fully saturated rings. The first-order valence-electron chi connectivity index (χ1n) is 7.52. The molecule has 6 heteroatoms. The van der Waals surface area contributed by atoms with E-state index in [1.165, 1.54) is 6.39 Å². The van der Waals surface area contributed by atoms with Gasteiger partial charge in [-0.2, -0.15) is 0 Å². The van der Waals surface area contributed by atoms with Gasteiger partial charge in [-0.1, -0.05) is 12.1 Å². The number of hydrogen-bond donors (Lipinski definition) is 1. The third kappa shape index (κ3) is 3.78. The Balaban J connectivity index is 1.61. The van der Waals surface area contributed by atoms with Gasteiger partial charge < -0.3 is 14.5 Å². The molecule has 122 valence electrons. The summed E-state index contributed by atoms with van der Waals surface area (Å²) in [6.07, 6.45) is 0.650. The number of rotatable bonds is 5. The Kier molecular flexibility index (Phi) is 4.56. The molecular formula is C18H17N3O3. The van der Waals surface area contributed by atoms with Gasteiger partial charge in [-0.25, -0.2) is 0 Å². The van der Waals surface area contributed by atoms with Gasteiger partial charge in [0.25, 0.3) is 5.91 Å². The van der Waals surface area contributed by atoms with Crippen molar-refractivity contribution in [1.29, 1.82) is 0 Å². The zero-order valence-corrected chi connectivity index (χ0v) is 13.4. The number of carbonyl (C=O) groups excluding carboxylic acids is 1. The third-order valence-corrected chi connectivity index (χ3v) is 3.43. The first-order valence-corrected chi connectivity index (χ1v) is 7.52. The minimum Gasteiger partial charge on any atom is -0.481 e. The van der Waals surface area contributed by atoms with Crippen LogP contribution in [0.25, 0.3) is 11.5 Å². The number of aryl methyl sites for hydroxylation is 1. The summed E-state index contributed by atoms with van der Waals surface area (Å²) >= 11 is 0. The van der Waals surface area contributed by atoms with Gasteiger partial charge in [0.05, 0.1) is 0 Å². The highest BCUT2D eigenvalue weighted by molar-refractivity contribution is 5.94. The molecular weight excluding hydrogens is 306 g/mol. The highest BCUT2D eigenvalue weighted by Gasteiger charge is 2.15.